The predicted octanol–water partition coefficient (Wildman–Crippen LogP) is 3.35. The molecule has 0 atom stereocenters. The van der Waals surface area contributed by atoms with E-state index in [4.69, 9.17) is 10.7 Å². The highest BCUT2D eigenvalue weighted by Gasteiger charge is 2.11. The van der Waals surface area contributed by atoms with Crippen molar-refractivity contribution < 1.29 is 8.42 Å². The Bertz CT molecular complexity index is 679. The number of halogens is 1. The summed E-state index contributed by atoms with van der Waals surface area (Å²) in [7, 11) is 5.57. The molecule has 0 N–H and O–H groups in total. The van der Waals surface area contributed by atoms with Crippen molar-refractivity contribution in [3.8, 4) is 11.1 Å². The molecule has 0 aliphatic heterocycles. The zero-order valence-corrected chi connectivity index (χ0v) is 12.2. The van der Waals surface area contributed by atoms with E-state index in [-0.39, 0.29) is 4.90 Å². The lowest BCUT2D eigenvalue weighted by Gasteiger charge is -2.17. The van der Waals surface area contributed by atoms with Crippen molar-refractivity contribution in [1.82, 2.24) is 0 Å². The first-order valence-corrected chi connectivity index (χ1v) is 8.02. The number of nitrogens with zero attached hydrogens (tertiary/aromatic N) is 1. The highest BCUT2D eigenvalue weighted by Crippen LogP contribution is 2.30. The van der Waals surface area contributed by atoms with E-state index in [0.29, 0.717) is 0 Å². The summed E-state index contributed by atoms with van der Waals surface area (Å²) in [5.74, 6) is 0. The van der Waals surface area contributed by atoms with Crippen molar-refractivity contribution in [3.05, 3.63) is 48.5 Å². The predicted molar refractivity (Wildman–Crippen MR) is 79.2 cm³/mol. The van der Waals surface area contributed by atoms with Crippen LogP contribution in [0.3, 0.4) is 0 Å². The molecule has 0 saturated heterocycles. The minimum absolute atomic E-state index is 0.111. The SMILES string of the molecule is CN(C)c1ccccc1-c1ccc(S(=O)(=O)Cl)cc1. The fraction of sp³-hybridized carbons (Fsp3) is 0.143. The Labute approximate surface area is 117 Å². The Morgan fingerprint density at radius 3 is 2.05 bits per heavy atom. The average Bonchev–Trinajstić information content (AvgIpc) is 2.38. The molecule has 0 amide bonds. The lowest BCUT2D eigenvalue weighted by molar-refractivity contribution is 0.609. The monoisotopic (exact) mass is 295 g/mol. The van der Waals surface area contributed by atoms with Gasteiger partial charge in [-0.15, -0.1) is 0 Å². The summed E-state index contributed by atoms with van der Waals surface area (Å²) in [4.78, 5) is 2.13. The van der Waals surface area contributed by atoms with Gasteiger partial charge in [0.2, 0.25) is 0 Å². The van der Waals surface area contributed by atoms with Gasteiger partial charge in [-0.25, -0.2) is 8.42 Å². The summed E-state index contributed by atoms with van der Waals surface area (Å²) < 4.78 is 22.4. The maximum atomic E-state index is 11.2. The van der Waals surface area contributed by atoms with E-state index in [1.165, 1.54) is 12.1 Å². The maximum Gasteiger partial charge on any atom is 0.261 e. The van der Waals surface area contributed by atoms with Gasteiger partial charge in [-0.3, -0.25) is 0 Å². The van der Waals surface area contributed by atoms with Crippen LogP contribution in [-0.4, -0.2) is 22.5 Å². The molecule has 2 aromatic rings. The summed E-state index contributed by atoms with van der Waals surface area (Å²) in [6.45, 7) is 0. The van der Waals surface area contributed by atoms with Gasteiger partial charge in [-0.1, -0.05) is 30.3 Å². The molecule has 0 fully saturated rings. The molecule has 0 spiro atoms. The second kappa shape index (κ2) is 5.23. The Morgan fingerprint density at radius 1 is 0.947 bits per heavy atom. The number of benzene rings is 2. The van der Waals surface area contributed by atoms with Gasteiger partial charge in [0.15, 0.2) is 0 Å². The van der Waals surface area contributed by atoms with E-state index in [1.807, 2.05) is 43.3 Å². The van der Waals surface area contributed by atoms with Gasteiger partial charge in [-0.2, -0.15) is 0 Å². The first kappa shape index (κ1) is 13.9. The zero-order valence-electron chi connectivity index (χ0n) is 10.7. The van der Waals surface area contributed by atoms with E-state index < -0.39 is 9.05 Å². The minimum atomic E-state index is -3.67. The maximum absolute atomic E-state index is 11.2. The van der Waals surface area contributed by atoms with Crippen LogP contribution >= 0.6 is 10.7 Å². The normalized spacial score (nSPS) is 11.3. The summed E-state index contributed by atoms with van der Waals surface area (Å²) >= 11 is 0. The van der Waals surface area contributed by atoms with Crippen molar-refractivity contribution in [2.24, 2.45) is 0 Å². The fourth-order valence-corrected chi connectivity index (χ4v) is 2.67. The molecule has 0 aromatic heterocycles. The number of rotatable bonds is 3. The lowest BCUT2D eigenvalue weighted by Crippen LogP contribution is -2.09. The fourth-order valence-electron chi connectivity index (χ4n) is 1.90. The number of hydrogen-bond acceptors (Lipinski definition) is 3. The van der Waals surface area contributed by atoms with E-state index in [1.54, 1.807) is 12.1 Å². The molecule has 5 heteroatoms. The Kier molecular flexibility index (Phi) is 3.83. The van der Waals surface area contributed by atoms with E-state index in [0.717, 1.165) is 16.8 Å². The van der Waals surface area contributed by atoms with E-state index in [9.17, 15) is 8.42 Å². The highest BCUT2D eigenvalue weighted by molar-refractivity contribution is 8.13. The summed E-state index contributed by atoms with van der Waals surface area (Å²) in [6.07, 6.45) is 0. The first-order valence-electron chi connectivity index (χ1n) is 5.71. The van der Waals surface area contributed by atoms with E-state index in [2.05, 4.69) is 0 Å². The molecule has 100 valence electrons. The van der Waals surface area contributed by atoms with Gasteiger partial charge in [0.1, 0.15) is 0 Å². The Morgan fingerprint density at radius 2 is 1.53 bits per heavy atom. The van der Waals surface area contributed by atoms with Crippen LogP contribution in [0.1, 0.15) is 0 Å². The second-order valence-corrected chi connectivity index (χ2v) is 6.94. The van der Waals surface area contributed by atoms with Crippen LogP contribution in [0.5, 0.6) is 0 Å². The Balaban J connectivity index is 2.49. The van der Waals surface area contributed by atoms with Crippen molar-refractivity contribution >= 4 is 25.4 Å². The van der Waals surface area contributed by atoms with Gasteiger partial charge >= 0.3 is 0 Å². The topological polar surface area (TPSA) is 37.4 Å². The smallest absolute Gasteiger partial charge is 0.261 e. The molecule has 2 rings (SSSR count). The molecule has 0 unspecified atom stereocenters. The van der Waals surface area contributed by atoms with Crippen LogP contribution in [0.4, 0.5) is 5.69 Å². The molecule has 2 aromatic carbocycles. The quantitative estimate of drug-likeness (QED) is 0.815. The van der Waals surface area contributed by atoms with Crippen molar-refractivity contribution in [2.75, 3.05) is 19.0 Å². The molecule has 0 heterocycles. The van der Waals surface area contributed by atoms with Crippen molar-refractivity contribution in [3.63, 3.8) is 0 Å². The van der Waals surface area contributed by atoms with Crippen LogP contribution in [-0.2, 0) is 9.05 Å². The molecule has 0 aliphatic carbocycles. The van der Waals surface area contributed by atoms with Gasteiger partial charge in [-0.05, 0) is 23.8 Å². The van der Waals surface area contributed by atoms with E-state index >= 15 is 0 Å². The lowest BCUT2D eigenvalue weighted by atomic mass is 10.0. The van der Waals surface area contributed by atoms with Gasteiger partial charge < -0.3 is 4.90 Å². The minimum Gasteiger partial charge on any atom is -0.377 e. The van der Waals surface area contributed by atoms with Crippen LogP contribution < -0.4 is 4.90 Å². The molecule has 3 nitrogen and oxygen atoms in total. The number of anilines is 1. The standard InChI is InChI=1S/C14H14ClNO2S/c1-16(2)14-6-4-3-5-13(14)11-7-9-12(10-8-11)19(15,17)18/h3-10H,1-2H3. The largest absolute Gasteiger partial charge is 0.377 e. The van der Waals surface area contributed by atoms with Gasteiger partial charge in [0.25, 0.3) is 9.05 Å². The third kappa shape index (κ3) is 3.08. The van der Waals surface area contributed by atoms with Crippen LogP contribution in [0.25, 0.3) is 11.1 Å². The van der Waals surface area contributed by atoms with Crippen molar-refractivity contribution in [1.29, 1.82) is 0 Å². The molecular formula is C14H14ClNO2S. The molecular weight excluding hydrogens is 282 g/mol. The summed E-state index contributed by atoms with van der Waals surface area (Å²) in [5, 5.41) is 0. The van der Waals surface area contributed by atoms with Crippen LogP contribution in [0.15, 0.2) is 53.4 Å². The number of para-hydroxylation sites is 1. The summed E-state index contributed by atoms with van der Waals surface area (Å²) in [6, 6.07) is 14.5. The Hall–Kier alpha value is -1.52. The third-order valence-corrected chi connectivity index (χ3v) is 4.20. The van der Waals surface area contributed by atoms with Gasteiger partial charge in [0.05, 0.1) is 4.90 Å². The van der Waals surface area contributed by atoms with Crippen LogP contribution in [0, 0.1) is 0 Å². The molecule has 19 heavy (non-hydrogen) atoms. The highest BCUT2D eigenvalue weighted by atomic mass is 35.7. The zero-order chi connectivity index (χ0) is 14.0. The molecule has 0 radical (unpaired) electrons. The third-order valence-electron chi connectivity index (χ3n) is 2.83. The molecule has 0 aliphatic rings. The van der Waals surface area contributed by atoms with Gasteiger partial charge in [0, 0.05) is 36.0 Å². The van der Waals surface area contributed by atoms with Crippen LogP contribution in [0.2, 0.25) is 0 Å². The first-order chi connectivity index (χ1) is 8.89. The number of hydrogen-bond donors (Lipinski definition) is 0. The van der Waals surface area contributed by atoms with Crippen molar-refractivity contribution in [2.45, 2.75) is 4.90 Å². The molecule has 0 saturated carbocycles. The second-order valence-electron chi connectivity index (χ2n) is 4.37. The average molecular weight is 296 g/mol. The summed E-state index contributed by atoms with van der Waals surface area (Å²) in [5.41, 5.74) is 3.07. The molecule has 0 bridgehead atoms.